The molecule has 1 atom stereocenters. The van der Waals surface area contributed by atoms with Crippen LogP contribution in [0.4, 0.5) is 8.78 Å². The van der Waals surface area contributed by atoms with Crippen LogP contribution >= 0.6 is 11.8 Å². The number of alkyl halides is 1. The third kappa shape index (κ3) is 7.13. The second-order valence-electron chi connectivity index (χ2n) is 7.63. The van der Waals surface area contributed by atoms with Gasteiger partial charge in [-0.2, -0.15) is 0 Å². The average Bonchev–Trinajstić information content (AvgIpc) is 3.38. The van der Waals surface area contributed by atoms with Crippen LogP contribution in [0.1, 0.15) is 33.1 Å². The molecule has 0 aromatic carbocycles. The molecule has 0 aromatic heterocycles. The summed E-state index contributed by atoms with van der Waals surface area (Å²) in [5, 5.41) is 1.71. The Morgan fingerprint density at radius 3 is 2.57 bits per heavy atom. The monoisotopic (exact) mass is 437 g/mol. The Bertz CT molecular complexity index is 726. The number of carbonyl (C=O) groups is 1. The van der Waals surface area contributed by atoms with Gasteiger partial charge in [0.1, 0.15) is 18.5 Å². The van der Waals surface area contributed by atoms with Crippen LogP contribution in [0.15, 0.2) is 58.9 Å². The highest BCUT2D eigenvalue weighted by atomic mass is 32.2. The molecule has 30 heavy (non-hydrogen) atoms. The Balaban J connectivity index is 2.32. The first-order chi connectivity index (χ1) is 14.3. The highest BCUT2D eigenvalue weighted by molar-refractivity contribution is 8.06. The van der Waals surface area contributed by atoms with E-state index in [0.29, 0.717) is 25.2 Å². The van der Waals surface area contributed by atoms with Crippen molar-refractivity contribution >= 4 is 17.7 Å². The van der Waals surface area contributed by atoms with Crippen LogP contribution in [-0.2, 0) is 4.79 Å². The van der Waals surface area contributed by atoms with Crippen molar-refractivity contribution < 1.29 is 13.6 Å². The molecule has 4 nitrogen and oxygen atoms in total. The number of allylic oxidation sites excluding steroid dienone is 4. The fourth-order valence-corrected chi connectivity index (χ4v) is 4.07. The number of halogens is 2. The summed E-state index contributed by atoms with van der Waals surface area (Å²) in [6, 6.07) is 0. The van der Waals surface area contributed by atoms with Crippen molar-refractivity contribution in [3.05, 3.63) is 58.9 Å². The van der Waals surface area contributed by atoms with Crippen LogP contribution in [0.5, 0.6) is 0 Å². The maximum Gasteiger partial charge on any atom is 0.242 e. The first-order valence-corrected chi connectivity index (χ1v) is 11.3. The van der Waals surface area contributed by atoms with Crippen molar-refractivity contribution in [3.63, 3.8) is 0 Å². The molecule has 7 heteroatoms. The quantitative estimate of drug-likeness (QED) is 0.449. The molecule has 2 aliphatic heterocycles. The number of nitrogens with zero attached hydrogens (tertiary/aromatic N) is 3. The summed E-state index contributed by atoms with van der Waals surface area (Å²) in [7, 11) is 0. The first-order valence-electron chi connectivity index (χ1n) is 10.4. The molecule has 0 bridgehead atoms. The Morgan fingerprint density at radius 1 is 1.30 bits per heavy atom. The molecule has 2 fully saturated rings. The summed E-state index contributed by atoms with van der Waals surface area (Å²) in [6.45, 7) is 14.5. The first kappa shape index (κ1) is 24.4. The zero-order valence-corrected chi connectivity index (χ0v) is 18.9. The molecule has 0 spiro atoms. The lowest BCUT2D eigenvalue weighted by molar-refractivity contribution is -0.130. The largest absolute Gasteiger partial charge is 0.339 e. The molecule has 1 amide bonds. The molecule has 2 heterocycles. The number of carbonyl (C=O) groups excluding carboxylic acids is 1. The van der Waals surface area contributed by atoms with Gasteiger partial charge in [0.2, 0.25) is 5.91 Å². The van der Waals surface area contributed by atoms with Gasteiger partial charge in [0.25, 0.3) is 0 Å². The van der Waals surface area contributed by atoms with Crippen LogP contribution in [0.2, 0.25) is 0 Å². The van der Waals surface area contributed by atoms with Gasteiger partial charge in [-0.15, -0.1) is 0 Å². The summed E-state index contributed by atoms with van der Waals surface area (Å²) < 4.78 is 28.2. The molecule has 2 rings (SSSR count). The molecule has 0 aliphatic carbocycles. The molecule has 0 aromatic rings. The number of rotatable bonds is 10. The van der Waals surface area contributed by atoms with Gasteiger partial charge in [0, 0.05) is 24.2 Å². The van der Waals surface area contributed by atoms with Crippen molar-refractivity contribution in [2.75, 3.05) is 39.3 Å². The van der Waals surface area contributed by atoms with Crippen molar-refractivity contribution in [2.45, 2.75) is 39.3 Å². The standard InChI is InChI=1S/C23H33F2N3OS/c1-5-9-22(25)18(3)28(17-23(29)27-13-10-21(24)16-27)15-20(19(4)30-6-2)14-26-11-7-8-12-26/h5-6,9,15,21H,2,4,7-8,10-14,16-17H2,1,3H3/b9-5-,20-15-,22-18+. The van der Waals surface area contributed by atoms with Gasteiger partial charge in [-0.1, -0.05) is 31.0 Å². The van der Waals surface area contributed by atoms with E-state index in [0.717, 1.165) is 36.4 Å². The van der Waals surface area contributed by atoms with E-state index in [4.69, 9.17) is 0 Å². The topological polar surface area (TPSA) is 26.8 Å². The predicted octanol–water partition coefficient (Wildman–Crippen LogP) is 5.01. The van der Waals surface area contributed by atoms with Gasteiger partial charge in [-0.3, -0.25) is 9.69 Å². The Labute approximate surface area is 183 Å². The van der Waals surface area contributed by atoms with Crippen molar-refractivity contribution in [3.8, 4) is 0 Å². The van der Waals surface area contributed by atoms with Crippen LogP contribution in [-0.4, -0.2) is 66.0 Å². The van der Waals surface area contributed by atoms with Gasteiger partial charge < -0.3 is 9.80 Å². The number of amides is 1. The molecule has 2 saturated heterocycles. The summed E-state index contributed by atoms with van der Waals surface area (Å²) in [5.74, 6) is -0.615. The second kappa shape index (κ2) is 12.1. The highest BCUT2D eigenvalue weighted by Gasteiger charge is 2.27. The minimum Gasteiger partial charge on any atom is -0.339 e. The maximum atomic E-state index is 14.6. The van der Waals surface area contributed by atoms with Gasteiger partial charge >= 0.3 is 0 Å². The van der Waals surface area contributed by atoms with Crippen molar-refractivity contribution in [1.29, 1.82) is 0 Å². The molecule has 0 saturated carbocycles. The summed E-state index contributed by atoms with van der Waals surface area (Å²) >= 11 is 1.42. The zero-order valence-electron chi connectivity index (χ0n) is 18.1. The lowest BCUT2D eigenvalue weighted by Crippen LogP contribution is -2.37. The molecule has 166 valence electrons. The molecule has 0 radical (unpaired) electrons. The summed E-state index contributed by atoms with van der Waals surface area (Å²) in [5.41, 5.74) is 1.26. The fraction of sp³-hybridized carbons (Fsp3) is 0.522. The third-order valence-corrected chi connectivity index (χ3v) is 6.08. The van der Waals surface area contributed by atoms with Crippen LogP contribution in [0.3, 0.4) is 0 Å². The van der Waals surface area contributed by atoms with Crippen LogP contribution in [0.25, 0.3) is 0 Å². The number of hydrogen-bond donors (Lipinski definition) is 0. The van der Waals surface area contributed by atoms with E-state index in [9.17, 15) is 13.6 Å². The summed E-state index contributed by atoms with van der Waals surface area (Å²) in [6.07, 6.45) is 6.50. The number of likely N-dealkylation sites (tertiary alicyclic amines) is 2. The zero-order chi connectivity index (χ0) is 22.1. The van der Waals surface area contributed by atoms with E-state index in [1.165, 1.54) is 22.7 Å². The van der Waals surface area contributed by atoms with Gasteiger partial charge in [-0.25, -0.2) is 8.78 Å². The number of thioether (sulfide) groups is 1. The van der Waals surface area contributed by atoms with Crippen molar-refractivity contribution in [1.82, 2.24) is 14.7 Å². The van der Waals surface area contributed by atoms with E-state index in [1.54, 1.807) is 30.2 Å². The van der Waals surface area contributed by atoms with Crippen molar-refractivity contribution in [2.24, 2.45) is 0 Å². The third-order valence-electron chi connectivity index (χ3n) is 5.37. The Hall–Kier alpha value is -1.86. The molecular formula is C23H33F2N3OS. The molecule has 1 unspecified atom stereocenters. The van der Waals surface area contributed by atoms with Gasteiger partial charge in [-0.05, 0) is 63.3 Å². The van der Waals surface area contributed by atoms with Crippen LogP contribution < -0.4 is 0 Å². The minimum atomic E-state index is -0.983. The summed E-state index contributed by atoms with van der Waals surface area (Å²) in [4.78, 5) is 19.1. The lowest BCUT2D eigenvalue weighted by Gasteiger charge is -2.27. The maximum absolute atomic E-state index is 14.6. The van der Waals surface area contributed by atoms with E-state index in [2.05, 4.69) is 18.1 Å². The highest BCUT2D eigenvalue weighted by Crippen LogP contribution is 2.27. The van der Waals surface area contributed by atoms with E-state index in [-0.39, 0.29) is 19.0 Å². The number of hydrogen-bond acceptors (Lipinski definition) is 4. The average molecular weight is 438 g/mol. The second-order valence-corrected chi connectivity index (χ2v) is 8.69. The fourth-order valence-electron chi connectivity index (χ4n) is 3.60. The lowest BCUT2D eigenvalue weighted by atomic mass is 10.2. The van der Waals surface area contributed by atoms with Gasteiger partial charge in [0.15, 0.2) is 0 Å². The van der Waals surface area contributed by atoms with E-state index in [1.807, 2.05) is 6.20 Å². The molecule has 0 N–H and O–H groups in total. The van der Waals surface area contributed by atoms with E-state index >= 15 is 0 Å². The smallest absolute Gasteiger partial charge is 0.242 e. The van der Waals surface area contributed by atoms with Crippen LogP contribution in [0, 0.1) is 0 Å². The normalized spacial score (nSPS) is 21.3. The SMILES string of the molecule is C=CSC(=C)/C(=C\N(CC(=O)N1CCC(F)C1)/C(C)=C(F)\C=C/C)CN1CCCC1. The Morgan fingerprint density at radius 2 is 2.00 bits per heavy atom. The predicted molar refractivity (Wildman–Crippen MR) is 122 cm³/mol. The molecular weight excluding hydrogens is 404 g/mol. The molecule has 2 aliphatic rings. The van der Waals surface area contributed by atoms with Gasteiger partial charge in [0.05, 0.1) is 12.2 Å². The Kier molecular flexibility index (Phi) is 9.85. The minimum absolute atomic E-state index is 0.0426. The van der Waals surface area contributed by atoms with E-state index < -0.39 is 12.0 Å².